The molecule has 0 saturated carbocycles. The molecule has 1 atom stereocenters. The molecule has 29 heavy (non-hydrogen) atoms. The normalized spacial score (nSPS) is 24.9. The number of likely N-dealkylation sites (tertiary alicyclic amines) is 2. The van der Waals surface area contributed by atoms with Crippen molar-refractivity contribution in [1.82, 2.24) is 15.1 Å². The minimum atomic E-state index is 0. The lowest BCUT2D eigenvalue weighted by atomic mass is 9.97. The number of carbonyl (C=O) groups is 1. The van der Waals surface area contributed by atoms with Crippen LogP contribution in [0.15, 0.2) is 4.99 Å². The quantitative estimate of drug-likeness (QED) is 0.342. The molecule has 0 spiro atoms. The summed E-state index contributed by atoms with van der Waals surface area (Å²) < 4.78 is 11.9. The van der Waals surface area contributed by atoms with Gasteiger partial charge in [0.15, 0.2) is 5.96 Å². The molecule has 8 heteroatoms. The van der Waals surface area contributed by atoms with E-state index in [0.717, 1.165) is 84.0 Å². The minimum Gasteiger partial charge on any atom is -0.376 e. The van der Waals surface area contributed by atoms with Crippen molar-refractivity contribution in [3.05, 3.63) is 0 Å². The highest BCUT2D eigenvalue weighted by Crippen LogP contribution is 2.19. The van der Waals surface area contributed by atoms with Crippen molar-refractivity contribution in [2.45, 2.75) is 64.1 Å². The van der Waals surface area contributed by atoms with Crippen LogP contribution in [0.5, 0.6) is 0 Å². The van der Waals surface area contributed by atoms with Crippen LogP contribution in [0.3, 0.4) is 0 Å². The van der Waals surface area contributed by atoms with E-state index in [1.165, 1.54) is 12.8 Å². The van der Waals surface area contributed by atoms with Gasteiger partial charge < -0.3 is 24.6 Å². The standard InChI is InChI=1S/C21H38N4O3.HI/c1-17(26)24-10-6-18(7-11-24)15-23-21(22-2)25-12-8-19(9-13-25)28-16-20-5-3-4-14-27-20;/h18-20H,3-16H2,1-2H3,(H,22,23);1H. The average molecular weight is 522 g/mol. The van der Waals surface area contributed by atoms with Gasteiger partial charge in [0.2, 0.25) is 5.91 Å². The van der Waals surface area contributed by atoms with Crippen molar-refractivity contribution in [2.75, 3.05) is 53.0 Å². The second-order valence-electron chi connectivity index (χ2n) is 8.39. The summed E-state index contributed by atoms with van der Waals surface area (Å²) in [6.07, 6.45) is 8.48. The number of ether oxygens (including phenoxy) is 2. The van der Waals surface area contributed by atoms with Crippen LogP contribution < -0.4 is 5.32 Å². The molecule has 3 heterocycles. The van der Waals surface area contributed by atoms with E-state index in [2.05, 4.69) is 15.2 Å². The summed E-state index contributed by atoms with van der Waals surface area (Å²) in [4.78, 5) is 20.2. The largest absolute Gasteiger partial charge is 0.376 e. The number of carbonyl (C=O) groups excluding carboxylic acids is 1. The summed E-state index contributed by atoms with van der Waals surface area (Å²) in [5, 5.41) is 3.56. The van der Waals surface area contributed by atoms with E-state index >= 15 is 0 Å². The SMILES string of the molecule is CN=C(NCC1CCN(C(C)=O)CC1)N1CCC(OCC2CCCCO2)CC1.I. The Bertz CT molecular complexity index is 512. The van der Waals surface area contributed by atoms with Gasteiger partial charge in [-0.3, -0.25) is 9.79 Å². The number of nitrogens with zero attached hydrogens (tertiary/aromatic N) is 3. The van der Waals surface area contributed by atoms with Crippen LogP contribution in [0.2, 0.25) is 0 Å². The molecule has 0 aromatic heterocycles. The van der Waals surface area contributed by atoms with Crippen LogP contribution in [0.25, 0.3) is 0 Å². The molecular formula is C21H39IN4O3. The number of nitrogens with one attached hydrogen (secondary N) is 1. The van der Waals surface area contributed by atoms with Crippen LogP contribution in [-0.2, 0) is 14.3 Å². The van der Waals surface area contributed by atoms with Gasteiger partial charge in [0.25, 0.3) is 0 Å². The summed E-state index contributed by atoms with van der Waals surface area (Å²) >= 11 is 0. The zero-order chi connectivity index (χ0) is 19.8. The fraction of sp³-hybridized carbons (Fsp3) is 0.905. The number of halogens is 1. The lowest BCUT2D eigenvalue weighted by Gasteiger charge is -2.36. The zero-order valence-corrected chi connectivity index (χ0v) is 20.4. The molecule has 1 amide bonds. The maximum atomic E-state index is 11.5. The molecule has 3 aliphatic heterocycles. The average Bonchev–Trinajstić information content (AvgIpc) is 2.74. The number of aliphatic imine (C=N–C) groups is 1. The fourth-order valence-corrected chi connectivity index (χ4v) is 4.44. The number of rotatable bonds is 5. The molecule has 7 nitrogen and oxygen atoms in total. The van der Waals surface area contributed by atoms with Crippen LogP contribution >= 0.6 is 24.0 Å². The molecule has 3 aliphatic rings. The highest BCUT2D eigenvalue weighted by molar-refractivity contribution is 14.0. The number of piperidine rings is 2. The van der Waals surface area contributed by atoms with E-state index in [1.807, 2.05) is 11.9 Å². The first-order valence-electron chi connectivity index (χ1n) is 11.1. The van der Waals surface area contributed by atoms with Crippen molar-refractivity contribution in [3.8, 4) is 0 Å². The van der Waals surface area contributed by atoms with Crippen molar-refractivity contribution >= 4 is 35.8 Å². The third-order valence-electron chi connectivity index (χ3n) is 6.35. The second kappa shape index (κ2) is 12.9. The van der Waals surface area contributed by atoms with Crippen LogP contribution in [0, 0.1) is 5.92 Å². The molecule has 0 bridgehead atoms. The minimum absolute atomic E-state index is 0. The number of amides is 1. The second-order valence-corrected chi connectivity index (χ2v) is 8.39. The van der Waals surface area contributed by atoms with E-state index in [9.17, 15) is 4.79 Å². The molecule has 168 valence electrons. The lowest BCUT2D eigenvalue weighted by Crippen LogP contribution is -2.49. The Morgan fingerprint density at radius 3 is 2.34 bits per heavy atom. The monoisotopic (exact) mass is 522 g/mol. The van der Waals surface area contributed by atoms with Gasteiger partial charge in [-0.05, 0) is 50.9 Å². The van der Waals surface area contributed by atoms with E-state index < -0.39 is 0 Å². The fourth-order valence-electron chi connectivity index (χ4n) is 4.44. The maximum Gasteiger partial charge on any atom is 0.219 e. The van der Waals surface area contributed by atoms with E-state index in [0.29, 0.717) is 18.1 Å². The van der Waals surface area contributed by atoms with E-state index in [1.54, 1.807) is 6.92 Å². The summed E-state index contributed by atoms with van der Waals surface area (Å²) in [5.41, 5.74) is 0. The Balaban J connectivity index is 0.00000300. The van der Waals surface area contributed by atoms with Crippen LogP contribution in [0.1, 0.15) is 51.9 Å². The third kappa shape index (κ3) is 7.86. The Hall–Kier alpha value is -0.610. The van der Waals surface area contributed by atoms with Gasteiger partial charge in [0, 0.05) is 53.3 Å². The van der Waals surface area contributed by atoms with Gasteiger partial charge in [-0.25, -0.2) is 0 Å². The Labute approximate surface area is 193 Å². The van der Waals surface area contributed by atoms with Crippen molar-refractivity contribution < 1.29 is 14.3 Å². The topological polar surface area (TPSA) is 66.4 Å². The van der Waals surface area contributed by atoms with Crippen LogP contribution in [0.4, 0.5) is 0 Å². The smallest absolute Gasteiger partial charge is 0.219 e. The van der Waals surface area contributed by atoms with Gasteiger partial charge in [0.05, 0.1) is 18.8 Å². The Kier molecular flexibility index (Phi) is 11.0. The van der Waals surface area contributed by atoms with Crippen LogP contribution in [-0.4, -0.2) is 86.9 Å². The zero-order valence-electron chi connectivity index (χ0n) is 18.1. The summed E-state index contributed by atoms with van der Waals surface area (Å²) in [5.74, 6) is 1.81. The lowest BCUT2D eigenvalue weighted by molar-refractivity contribution is -0.130. The predicted molar refractivity (Wildman–Crippen MR) is 126 cm³/mol. The summed E-state index contributed by atoms with van der Waals surface area (Å²) in [6, 6.07) is 0. The molecule has 3 rings (SSSR count). The van der Waals surface area contributed by atoms with Crippen molar-refractivity contribution in [3.63, 3.8) is 0 Å². The van der Waals surface area contributed by atoms with E-state index in [-0.39, 0.29) is 29.9 Å². The Morgan fingerprint density at radius 1 is 1.07 bits per heavy atom. The Morgan fingerprint density at radius 2 is 1.76 bits per heavy atom. The summed E-state index contributed by atoms with van der Waals surface area (Å²) in [7, 11) is 1.86. The maximum absolute atomic E-state index is 11.5. The van der Waals surface area contributed by atoms with Gasteiger partial charge in [-0.2, -0.15) is 0 Å². The van der Waals surface area contributed by atoms with Gasteiger partial charge in [-0.1, -0.05) is 0 Å². The predicted octanol–water partition coefficient (Wildman–Crippen LogP) is 2.49. The molecule has 0 aromatic rings. The molecule has 1 N–H and O–H groups in total. The number of hydrogen-bond donors (Lipinski definition) is 1. The first kappa shape index (κ1) is 24.7. The summed E-state index contributed by atoms with van der Waals surface area (Å²) in [6.45, 7) is 7.97. The molecule has 0 aromatic carbocycles. The molecule has 3 saturated heterocycles. The van der Waals surface area contributed by atoms with Crippen molar-refractivity contribution in [1.29, 1.82) is 0 Å². The molecule has 0 aliphatic carbocycles. The molecule has 1 unspecified atom stereocenters. The molecule has 3 fully saturated rings. The number of guanidine groups is 1. The van der Waals surface area contributed by atoms with Gasteiger partial charge >= 0.3 is 0 Å². The van der Waals surface area contributed by atoms with Gasteiger partial charge in [-0.15, -0.1) is 24.0 Å². The highest BCUT2D eigenvalue weighted by atomic mass is 127. The van der Waals surface area contributed by atoms with Gasteiger partial charge in [0.1, 0.15) is 0 Å². The third-order valence-corrected chi connectivity index (χ3v) is 6.35. The van der Waals surface area contributed by atoms with Crippen molar-refractivity contribution in [2.24, 2.45) is 10.9 Å². The number of hydrogen-bond acceptors (Lipinski definition) is 4. The van der Waals surface area contributed by atoms with E-state index in [4.69, 9.17) is 9.47 Å². The highest BCUT2D eigenvalue weighted by Gasteiger charge is 2.25. The first-order valence-corrected chi connectivity index (χ1v) is 11.1. The molecule has 0 radical (unpaired) electrons. The molecular weight excluding hydrogens is 483 g/mol. The first-order chi connectivity index (χ1) is 13.7.